The van der Waals surface area contributed by atoms with E-state index in [0.29, 0.717) is 17.1 Å². The molecule has 3 aromatic rings. The van der Waals surface area contributed by atoms with Gasteiger partial charge in [0.25, 0.3) is 11.8 Å². The summed E-state index contributed by atoms with van der Waals surface area (Å²) in [5.41, 5.74) is 0.907. The molecule has 1 heterocycles. The van der Waals surface area contributed by atoms with Crippen LogP contribution in [0, 0.1) is 0 Å². The van der Waals surface area contributed by atoms with Crippen molar-refractivity contribution >= 4 is 29.3 Å². The number of carbonyl (C=O) groups is 3. The molecule has 7 heteroatoms. The molecule has 0 spiro atoms. The summed E-state index contributed by atoms with van der Waals surface area (Å²) >= 11 is 0. The molecule has 0 radical (unpaired) electrons. The van der Waals surface area contributed by atoms with Crippen LogP contribution in [0.1, 0.15) is 20.7 Å². The van der Waals surface area contributed by atoms with E-state index in [1.54, 1.807) is 66.7 Å². The van der Waals surface area contributed by atoms with Gasteiger partial charge in [-0.2, -0.15) is 0 Å². The lowest BCUT2D eigenvalue weighted by atomic mass is 10.1. The predicted octanol–water partition coefficient (Wildman–Crippen LogP) is 3.13. The Morgan fingerprint density at radius 1 is 0.821 bits per heavy atom. The lowest BCUT2D eigenvalue weighted by Crippen LogP contribution is -2.22. The Bertz CT molecular complexity index is 975. The van der Waals surface area contributed by atoms with Gasteiger partial charge in [0.1, 0.15) is 5.82 Å². The molecule has 140 valence electrons. The molecule has 0 saturated heterocycles. The highest BCUT2D eigenvalue weighted by Crippen LogP contribution is 2.17. The highest BCUT2D eigenvalue weighted by atomic mass is 16.5. The summed E-state index contributed by atoms with van der Waals surface area (Å²) in [6.07, 6.45) is 1.54. The third-order valence-electron chi connectivity index (χ3n) is 3.70. The second kappa shape index (κ2) is 9.09. The van der Waals surface area contributed by atoms with Crippen LogP contribution in [0.5, 0.6) is 0 Å². The van der Waals surface area contributed by atoms with Crippen LogP contribution >= 0.6 is 0 Å². The monoisotopic (exact) mass is 375 g/mol. The van der Waals surface area contributed by atoms with Gasteiger partial charge in [-0.15, -0.1) is 0 Å². The van der Waals surface area contributed by atoms with Crippen LogP contribution in [0.25, 0.3) is 0 Å². The lowest BCUT2D eigenvalue weighted by Gasteiger charge is -2.11. The first-order valence-corrected chi connectivity index (χ1v) is 8.47. The van der Waals surface area contributed by atoms with Gasteiger partial charge in [0, 0.05) is 11.8 Å². The number of esters is 1. The molecule has 3 rings (SSSR count). The topological polar surface area (TPSA) is 97.4 Å². The highest BCUT2D eigenvalue weighted by Gasteiger charge is 2.16. The molecule has 0 aliphatic carbocycles. The van der Waals surface area contributed by atoms with Crippen molar-refractivity contribution in [3.8, 4) is 0 Å². The first-order valence-electron chi connectivity index (χ1n) is 8.47. The molecule has 2 amide bonds. The summed E-state index contributed by atoms with van der Waals surface area (Å²) in [5.74, 6) is -1.23. The van der Waals surface area contributed by atoms with Gasteiger partial charge in [0.2, 0.25) is 0 Å². The van der Waals surface area contributed by atoms with Crippen molar-refractivity contribution in [1.82, 2.24) is 4.98 Å². The van der Waals surface area contributed by atoms with Gasteiger partial charge in [-0.25, -0.2) is 9.78 Å². The summed E-state index contributed by atoms with van der Waals surface area (Å²) in [6, 6.07) is 20.1. The van der Waals surface area contributed by atoms with Crippen LogP contribution in [0.4, 0.5) is 11.5 Å². The number of nitrogens with one attached hydrogen (secondary N) is 2. The van der Waals surface area contributed by atoms with E-state index in [9.17, 15) is 14.4 Å². The van der Waals surface area contributed by atoms with Gasteiger partial charge in [-0.05, 0) is 36.4 Å². The number of para-hydroxylation sites is 1. The number of amides is 2. The number of ether oxygens (including phenoxy) is 1. The number of anilines is 2. The van der Waals surface area contributed by atoms with Gasteiger partial charge >= 0.3 is 5.97 Å². The number of pyridine rings is 1. The van der Waals surface area contributed by atoms with Gasteiger partial charge in [-0.1, -0.05) is 36.4 Å². The molecule has 1 aromatic heterocycles. The molecular formula is C21H17N3O4. The van der Waals surface area contributed by atoms with Gasteiger partial charge in [0.15, 0.2) is 6.61 Å². The number of hydrogen-bond donors (Lipinski definition) is 2. The van der Waals surface area contributed by atoms with E-state index in [1.807, 2.05) is 0 Å². The Kier molecular flexibility index (Phi) is 6.10. The fraction of sp³-hybridized carbons (Fsp3) is 0.0476. The summed E-state index contributed by atoms with van der Waals surface area (Å²) < 4.78 is 5.06. The minimum Gasteiger partial charge on any atom is -0.452 e. The Labute approximate surface area is 161 Å². The average molecular weight is 375 g/mol. The average Bonchev–Trinajstić information content (AvgIpc) is 2.74. The van der Waals surface area contributed by atoms with Crippen molar-refractivity contribution < 1.29 is 19.1 Å². The Morgan fingerprint density at radius 3 is 2.29 bits per heavy atom. The predicted molar refractivity (Wildman–Crippen MR) is 104 cm³/mol. The third-order valence-corrected chi connectivity index (χ3v) is 3.70. The fourth-order valence-electron chi connectivity index (χ4n) is 2.38. The third kappa shape index (κ3) is 5.01. The molecule has 7 nitrogen and oxygen atoms in total. The molecule has 28 heavy (non-hydrogen) atoms. The zero-order valence-corrected chi connectivity index (χ0v) is 14.8. The molecular weight excluding hydrogens is 358 g/mol. The van der Waals surface area contributed by atoms with Crippen LogP contribution in [0.2, 0.25) is 0 Å². The first kappa shape index (κ1) is 18.8. The summed E-state index contributed by atoms with van der Waals surface area (Å²) in [7, 11) is 0. The van der Waals surface area contributed by atoms with E-state index >= 15 is 0 Å². The molecule has 2 aromatic carbocycles. The molecule has 0 unspecified atom stereocenters. The second-order valence-electron chi connectivity index (χ2n) is 5.71. The van der Waals surface area contributed by atoms with Crippen molar-refractivity contribution in [3.63, 3.8) is 0 Å². The maximum atomic E-state index is 12.4. The number of rotatable bonds is 6. The van der Waals surface area contributed by atoms with E-state index < -0.39 is 18.5 Å². The van der Waals surface area contributed by atoms with Gasteiger partial charge in [0.05, 0.1) is 11.3 Å². The Balaban J connectivity index is 1.62. The maximum Gasteiger partial charge on any atom is 0.340 e. The van der Waals surface area contributed by atoms with Crippen LogP contribution in [-0.4, -0.2) is 29.4 Å². The fourth-order valence-corrected chi connectivity index (χ4v) is 2.38. The van der Waals surface area contributed by atoms with Crippen LogP contribution in [0.3, 0.4) is 0 Å². The normalized spacial score (nSPS) is 10.0. The van der Waals surface area contributed by atoms with Gasteiger partial charge in [-0.3, -0.25) is 9.59 Å². The van der Waals surface area contributed by atoms with E-state index in [2.05, 4.69) is 15.6 Å². The molecule has 2 N–H and O–H groups in total. The quantitative estimate of drug-likeness (QED) is 0.645. The smallest absolute Gasteiger partial charge is 0.340 e. The Morgan fingerprint density at radius 2 is 1.54 bits per heavy atom. The number of benzene rings is 2. The molecule has 0 atom stereocenters. The van der Waals surface area contributed by atoms with Crippen LogP contribution in [0.15, 0.2) is 79.0 Å². The Hall–Kier alpha value is -4.00. The minimum atomic E-state index is -0.722. The summed E-state index contributed by atoms with van der Waals surface area (Å²) in [4.78, 5) is 40.6. The number of hydrogen-bond acceptors (Lipinski definition) is 5. The molecule has 0 saturated carbocycles. The van der Waals surface area contributed by atoms with Crippen molar-refractivity contribution in [3.05, 3.63) is 90.1 Å². The largest absolute Gasteiger partial charge is 0.452 e. The van der Waals surface area contributed by atoms with E-state index in [1.165, 1.54) is 12.3 Å². The maximum absolute atomic E-state index is 12.4. The first-order chi connectivity index (χ1) is 13.6. The number of aromatic nitrogens is 1. The SMILES string of the molecule is O=C(COC(=O)c1ccccc1NC(=O)c1ccccc1)Nc1ccccn1. The van der Waals surface area contributed by atoms with E-state index in [-0.39, 0.29) is 11.5 Å². The summed E-state index contributed by atoms with van der Waals surface area (Å²) in [6.45, 7) is -0.476. The van der Waals surface area contributed by atoms with Crippen molar-refractivity contribution in [1.29, 1.82) is 0 Å². The second-order valence-corrected chi connectivity index (χ2v) is 5.71. The van der Waals surface area contributed by atoms with E-state index in [4.69, 9.17) is 4.74 Å². The van der Waals surface area contributed by atoms with E-state index in [0.717, 1.165) is 0 Å². The number of carbonyl (C=O) groups excluding carboxylic acids is 3. The van der Waals surface area contributed by atoms with Gasteiger partial charge < -0.3 is 15.4 Å². The zero-order chi connectivity index (χ0) is 19.8. The van der Waals surface area contributed by atoms with Crippen LogP contribution < -0.4 is 10.6 Å². The van der Waals surface area contributed by atoms with Crippen molar-refractivity contribution in [2.24, 2.45) is 0 Å². The highest BCUT2D eigenvalue weighted by molar-refractivity contribution is 6.08. The summed E-state index contributed by atoms with van der Waals surface area (Å²) in [5, 5.41) is 5.20. The number of nitrogens with zero attached hydrogens (tertiary/aromatic N) is 1. The molecule has 0 fully saturated rings. The van der Waals surface area contributed by atoms with Crippen molar-refractivity contribution in [2.75, 3.05) is 17.2 Å². The lowest BCUT2D eigenvalue weighted by molar-refractivity contribution is -0.119. The zero-order valence-electron chi connectivity index (χ0n) is 14.8. The molecule has 0 bridgehead atoms. The standard InChI is InChI=1S/C21H17N3O4/c25-19(24-18-12-6-7-13-22-18)14-28-21(27)16-10-4-5-11-17(16)23-20(26)15-8-2-1-3-9-15/h1-13H,14H2,(H,23,26)(H,22,24,25). The minimum absolute atomic E-state index is 0.150. The molecule has 0 aliphatic rings. The molecule has 0 aliphatic heterocycles. The van der Waals surface area contributed by atoms with Crippen molar-refractivity contribution in [2.45, 2.75) is 0 Å². The van der Waals surface area contributed by atoms with Crippen LogP contribution in [-0.2, 0) is 9.53 Å².